The van der Waals surface area contributed by atoms with E-state index in [1.807, 2.05) is 25.1 Å². The molecule has 30 heavy (non-hydrogen) atoms. The zero-order chi connectivity index (χ0) is 21.1. The molecule has 2 aromatic heterocycles. The Kier molecular flexibility index (Phi) is 6.54. The molecule has 0 radical (unpaired) electrons. The zero-order valence-corrected chi connectivity index (χ0v) is 18.8. The number of hydrogen-bond donors (Lipinski definition) is 1. The molecular formula is C19H28N6O3S2. The van der Waals surface area contributed by atoms with Crippen molar-refractivity contribution in [1.29, 1.82) is 0 Å². The van der Waals surface area contributed by atoms with Crippen LogP contribution in [-0.4, -0.2) is 98.4 Å². The Hall–Kier alpha value is -1.79. The van der Waals surface area contributed by atoms with Gasteiger partial charge in [-0.1, -0.05) is 0 Å². The van der Waals surface area contributed by atoms with Crippen molar-refractivity contribution in [2.24, 2.45) is 0 Å². The molecule has 0 aromatic carbocycles. The molecule has 0 amide bonds. The molecular weight excluding hydrogens is 424 g/mol. The topological polar surface area (TPSA) is 93.1 Å². The van der Waals surface area contributed by atoms with Gasteiger partial charge >= 0.3 is 0 Å². The SMILES string of the molecule is Cc1ccc(S(=O)(=O)N2CCN(c3ccc(N4CCN(CCO)CC4)nn3)CC2)s1. The number of aliphatic hydroxyl groups excluding tert-OH is 1. The Morgan fingerprint density at radius 3 is 1.93 bits per heavy atom. The molecule has 2 aliphatic heterocycles. The number of rotatable bonds is 6. The first-order chi connectivity index (χ1) is 14.5. The van der Waals surface area contributed by atoms with Crippen LogP contribution in [0.3, 0.4) is 0 Å². The Labute approximate surface area is 181 Å². The van der Waals surface area contributed by atoms with Crippen molar-refractivity contribution in [2.75, 3.05) is 75.3 Å². The second-order valence-electron chi connectivity index (χ2n) is 7.56. The molecule has 164 valence electrons. The molecule has 2 aliphatic rings. The summed E-state index contributed by atoms with van der Waals surface area (Å²) in [6.07, 6.45) is 0. The van der Waals surface area contributed by atoms with Crippen molar-refractivity contribution in [3.63, 3.8) is 0 Å². The van der Waals surface area contributed by atoms with E-state index < -0.39 is 10.0 Å². The minimum atomic E-state index is -3.41. The van der Waals surface area contributed by atoms with Crippen molar-refractivity contribution in [3.05, 3.63) is 29.1 Å². The van der Waals surface area contributed by atoms with Crippen molar-refractivity contribution >= 4 is 33.0 Å². The van der Waals surface area contributed by atoms with Gasteiger partial charge in [0.05, 0.1) is 6.61 Å². The summed E-state index contributed by atoms with van der Waals surface area (Å²) in [5.74, 6) is 1.64. The number of β-amino-alcohol motifs (C(OH)–C–C–N with tert-alkyl or cyclic N) is 1. The lowest BCUT2D eigenvalue weighted by Crippen LogP contribution is -2.49. The fraction of sp³-hybridized carbons (Fsp3) is 0.579. The van der Waals surface area contributed by atoms with Crippen molar-refractivity contribution in [3.8, 4) is 0 Å². The smallest absolute Gasteiger partial charge is 0.252 e. The van der Waals surface area contributed by atoms with Gasteiger partial charge in [0.2, 0.25) is 0 Å². The van der Waals surface area contributed by atoms with Crippen LogP contribution in [0.4, 0.5) is 11.6 Å². The first kappa shape index (κ1) is 21.4. The van der Waals surface area contributed by atoms with Gasteiger partial charge in [-0.05, 0) is 31.2 Å². The van der Waals surface area contributed by atoms with Crippen LogP contribution in [0, 0.1) is 6.92 Å². The van der Waals surface area contributed by atoms with Gasteiger partial charge in [0.15, 0.2) is 11.6 Å². The third-order valence-electron chi connectivity index (χ3n) is 5.62. The standard InChI is InChI=1S/C19H28N6O3S2/c1-16-2-5-19(29-16)30(27,28)25-12-10-24(11-13-25)18-4-3-17(20-21-18)23-8-6-22(7-9-23)14-15-26/h2-5,26H,6-15H2,1H3. The normalized spacial score (nSPS) is 19.4. The van der Waals surface area contributed by atoms with Crippen LogP contribution in [0.2, 0.25) is 0 Å². The quantitative estimate of drug-likeness (QED) is 0.676. The second-order valence-corrected chi connectivity index (χ2v) is 11.0. The summed E-state index contributed by atoms with van der Waals surface area (Å²) in [7, 11) is -3.41. The van der Waals surface area contributed by atoms with Crippen LogP contribution >= 0.6 is 11.3 Å². The van der Waals surface area contributed by atoms with Gasteiger partial charge < -0.3 is 14.9 Å². The molecule has 0 saturated carbocycles. The first-order valence-electron chi connectivity index (χ1n) is 10.2. The first-order valence-corrected chi connectivity index (χ1v) is 12.5. The van der Waals surface area contributed by atoms with Crippen LogP contribution in [0.5, 0.6) is 0 Å². The van der Waals surface area contributed by atoms with E-state index >= 15 is 0 Å². The number of sulfonamides is 1. The summed E-state index contributed by atoms with van der Waals surface area (Å²) in [6.45, 7) is 8.44. The molecule has 0 bridgehead atoms. The average molecular weight is 453 g/mol. The lowest BCUT2D eigenvalue weighted by atomic mass is 10.3. The van der Waals surface area contributed by atoms with Crippen LogP contribution < -0.4 is 9.80 Å². The molecule has 9 nitrogen and oxygen atoms in total. The number of nitrogens with zero attached hydrogens (tertiary/aromatic N) is 6. The summed E-state index contributed by atoms with van der Waals surface area (Å²) in [4.78, 5) is 7.53. The Bertz CT molecular complexity index is 933. The maximum absolute atomic E-state index is 12.8. The summed E-state index contributed by atoms with van der Waals surface area (Å²) < 4.78 is 27.6. The van der Waals surface area contributed by atoms with Gasteiger partial charge in [-0.25, -0.2) is 8.42 Å². The van der Waals surface area contributed by atoms with Crippen LogP contribution in [-0.2, 0) is 10.0 Å². The van der Waals surface area contributed by atoms with Crippen molar-refractivity contribution in [2.45, 2.75) is 11.1 Å². The third kappa shape index (κ3) is 4.59. The number of hydrogen-bond acceptors (Lipinski definition) is 9. The van der Waals surface area contributed by atoms with E-state index in [2.05, 4.69) is 24.9 Å². The van der Waals surface area contributed by atoms with E-state index in [1.54, 1.807) is 10.4 Å². The highest BCUT2D eigenvalue weighted by atomic mass is 32.2. The molecule has 2 aromatic rings. The molecule has 0 spiro atoms. The lowest BCUT2D eigenvalue weighted by molar-refractivity contribution is 0.188. The Morgan fingerprint density at radius 1 is 0.900 bits per heavy atom. The van der Waals surface area contributed by atoms with E-state index in [0.717, 1.165) is 42.7 Å². The fourth-order valence-electron chi connectivity index (χ4n) is 3.83. The number of aromatic nitrogens is 2. The number of aryl methyl sites for hydroxylation is 1. The summed E-state index contributed by atoms with van der Waals surface area (Å²) >= 11 is 1.32. The maximum atomic E-state index is 12.8. The molecule has 0 aliphatic carbocycles. The maximum Gasteiger partial charge on any atom is 0.252 e. The van der Waals surface area contributed by atoms with Gasteiger partial charge in [-0.15, -0.1) is 21.5 Å². The molecule has 1 N–H and O–H groups in total. The van der Waals surface area contributed by atoms with Crippen molar-refractivity contribution in [1.82, 2.24) is 19.4 Å². The number of thiophene rings is 1. The van der Waals surface area contributed by atoms with Gasteiger partial charge in [0, 0.05) is 63.8 Å². The van der Waals surface area contributed by atoms with Crippen LogP contribution in [0.15, 0.2) is 28.5 Å². The predicted octanol–water partition coefficient (Wildman–Crippen LogP) is 0.472. The average Bonchev–Trinajstić information content (AvgIpc) is 3.22. The number of piperazine rings is 2. The highest BCUT2D eigenvalue weighted by molar-refractivity contribution is 7.91. The van der Waals surface area contributed by atoms with Gasteiger partial charge in [-0.3, -0.25) is 4.90 Å². The largest absolute Gasteiger partial charge is 0.395 e. The molecule has 0 unspecified atom stereocenters. The van der Waals surface area contributed by atoms with Gasteiger partial charge in [-0.2, -0.15) is 4.31 Å². The fourth-order valence-corrected chi connectivity index (χ4v) is 6.69. The summed E-state index contributed by atoms with van der Waals surface area (Å²) in [6, 6.07) is 7.49. The van der Waals surface area contributed by atoms with E-state index in [9.17, 15) is 8.42 Å². The van der Waals surface area contributed by atoms with E-state index in [4.69, 9.17) is 5.11 Å². The summed E-state index contributed by atoms with van der Waals surface area (Å²) in [5, 5.41) is 17.9. The van der Waals surface area contributed by atoms with E-state index in [0.29, 0.717) is 36.9 Å². The second kappa shape index (κ2) is 9.15. The van der Waals surface area contributed by atoms with Crippen molar-refractivity contribution < 1.29 is 13.5 Å². The minimum Gasteiger partial charge on any atom is -0.395 e. The zero-order valence-electron chi connectivity index (χ0n) is 17.1. The molecule has 2 saturated heterocycles. The number of aliphatic hydroxyl groups is 1. The predicted molar refractivity (Wildman–Crippen MR) is 118 cm³/mol. The monoisotopic (exact) mass is 452 g/mol. The van der Waals surface area contributed by atoms with Crippen LogP contribution in [0.25, 0.3) is 0 Å². The van der Waals surface area contributed by atoms with Gasteiger partial charge in [0.25, 0.3) is 10.0 Å². The van der Waals surface area contributed by atoms with Gasteiger partial charge in [0.1, 0.15) is 4.21 Å². The Morgan fingerprint density at radius 2 is 1.47 bits per heavy atom. The molecule has 0 atom stereocenters. The molecule has 4 rings (SSSR count). The van der Waals surface area contributed by atoms with E-state index in [1.165, 1.54) is 11.3 Å². The number of anilines is 2. The van der Waals surface area contributed by atoms with E-state index in [-0.39, 0.29) is 6.61 Å². The lowest BCUT2D eigenvalue weighted by Gasteiger charge is -2.35. The minimum absolute atomic E-state index is 0.191. The highest BCUT2D eigenvalue weighted by Gasteiger charge is 2.30. The Balaban J connectivity index is 1.33. The molecule has 11 heteroatoms. The third-order valence-corrected chi connectivity index (χ3v) is 8.99. The van der Waals surface area contributed by atoms with Crippen LogP contribution in [0.1, 0.15) is 4.88 Å². The molecule has 4 heterocycles. The molecule has 2 fully saturated rings. The summed E-state index contributed by atoms with van der Waals surface area (Å²) in [5.41, 5.74) is 0. The highest BCUT2D eigenvalue weighted by Crippen LogP contribution is 2.26.